The zero-order valence-corrected chi connectivity index (χ0v) is 15.9. The van der Waals surface area contributed by atoms with Crippen molar-refractivity contribution in [1.29, 1.82) is 0 Å². The van der Waals surface area contributed by atoms with Crippen LogP contribution in [0.1, 0.15) is 18.1 Å². The molecule has 1 amide bonds. The molecule has 0 heterocycles. The summed E-state index contributed by atoms with van der Waals surface area (Å²) in [6.45, 7) is 3.32. The fourth-order valence-electron chi connectivity index (χ4n) is 2.21. The Morgan fingerprint density at radius 2 is 2.04 bits per heavy atom. The number of nitro benzene ring substituents is 1. The predicted molar refractivity (Wildman–Crippen MR) is 101 cm³/mol. The number of aryl methyl sites for hydroxylation is 1. The molecule has 0 aliphatic rings. The molecule has 1 N–H and O–H groups in total. The van der Waals surface area contributed by atoms with Gasteiger partial charge in [-0.1, -0.05) is 11.6 Å². The minimum absolute atomic E-state index is 0.161. The van der Waals surface area contributed by atoms with Gasteiger partial charge in [-0.05, 0) is 43.7 Å². The van der Waals surface area contributed by atoms with Gasteiger partial charge in [0, 0.05) is 22.4 Å². The number of hydrogen-bond acceptors (Lipinski definition) is 7. The molecule has 10 heteroatoms. The summed E-state index contributed by atoms with van der Waals surface area (Å²) in [5.41, 5.74) is 2.60. The van der Waals surface area contributed by atoms with Crippen molar-refractivity contribution >= 4 is 29.4 Å². The average Bonchev–Trinajstić information content (AvgIpc) is 2.63. The Hall–Kier alpha value is -3.33. The summed E-state index contributed by atoms with van der Waals surface area (Å²) in [5.74, 6) is -1.01. The number of carbonyl (C=O) groups excluding carboxylic acids is 1. The largest absolute Gasteiger partial charge is 0.865 e. The third kappa shape index (κ3) is 5.58. The van der Waals surface area contributed by atoms with Gasteiger partial charge in [0.15, 0.2) is 6.61 Å². The van der Waals surface area contributed by atoms with Gasteiger partial charge in [0.1, 0.15) is 11.5 Å². The summed E-state index contributed by atoms with van der Waals surface area (Å²) in [6, 6.07) is 7.35. The van der Waals surface area contributed by atoms with Crippen LogP contribution < -0.4 is 20.0 Å². The van der Waals surface area contributed by atoms with Gasteiger partial charge in [0.25, 0.3) is 11.6 Å². The summed E-state index contributed by atoms with van der Waals surface area (Å²) in [4.78, 5) is 22.0. The van der Waals surface area contributed by atoms with E-state index in [0.717, 1.165) is 11.6 Å². The van der Waals surface area contributed by atoms with Crippen molar-refractivity contribution < 1.29 is 24.3 Å². The molecule has 0 aliphatic carbocycles. The Morgan fingerprint density at radius 3 is 2.68 bits per heavy atom. The number of nitro groups is 1. The summed E-state index contributed by atoms with van der Waals surface area (Å²) >= 11 is 5.85. The Morgan fingerprint density at radius 1 is 1.29 bits per heavy atom. The SMILES string of the molecule is CCOc1cc(C=NNC(=O)COc2ccc(Cl)cc2C)cc([N+](=O)[O-])c1[O-]. The van der Waals surface area contributed by atoms with E-state index in [1.807, 2.05) is 0 Å². The highest BCUT2D eigenvalue weighted by atomic mass is 35.5. The van der Waals surface area contributed by atoms with E-state index in [0.29, 0.717) is 10.8 Å². The number of hydrazone groups is 1. The molecule has 0 spiro atoms. The lowest BCUT2D eigenvalue weighted by Gasteiger charge is -2.14. The molecule has 2 rings (SSSR count). The van der Waals surface area contributed by atoms with Gasteiger partial charge >= 0.3 is 0 Å². The van der Waals surface area contributed by atoms with Crippen LogP contribution >= 0.6 is 11.6 Å². The molecule has 2 aromatic rings. The molecular weight excluding hydrogens is 390 g/mol. The molecule has 0 aromatic heterocycles. The lowest BCUT2D eigenvalue weighted by molar-refractivity contribution is -0.398. The normalized spacial score (nSPS) is 10.7. The second-order valence-corrected chi connectivity index (χ2v) is 5.99. The number of nitrogens with one attached hydrogen (secondary N) is 1. The molecule has 148 valence electrons. The van der Waals surface area contributed by atoms with E-state index in [1.165, 1.54) is 12.3 Å². The van der Waals surface area contributed by atoms with Crippen LogP contribution in [0.2, 0.25) is 5.02 Å². The molecule has 0 radical (unpaired) electrons. The number of nitrogens with zero attached hydrogens (tertiary/aromatic N) is 2. The van der Waals surface area contributed by atoms with Gasteiger partial charge in [-0.15, -0.1) is 0 Å². The number of ether oxygens (including phenoxy) is 2. The Bertz CT molecular complexity index is 916. The van der Waals surface area contributed by atoms with Crippen LogP contribution in [-0.2, 0) is 4.79 Å². The maximum atomic E-state index is 11.9. The van der Waals surface area contributed by atoms with Crippen molar-refractivity contribution in [3.05, 3.63) is 56.6 Å². The van der Waals surface area contributed by atoms with E-state index >= 15 is 0 Å². The van der Waals surface area contributed by atoms with E-state index in [1.54, 1.807) is 32.0 Å². The first-order chi connectivity index (χ1) is 13.3. The summed E-state index contributed by atoms with van der Waals surface area (Å²) in [5, 5.41) is 27.2. The number of hydrogen-bond donors (Lipinski definition) is 1. The second kappa shape index (κ2) is 9.56. The standard InChI is InChI=1S/C18H18ClN3O6/c1-3-27-16-8-12(7-14(18(16)24)22(25)26)9-20-21-17(23)10-28-15-5-4-13(19)6-11(15)2/h4-9,24H,3,10H2,1-2H3,(H,21,23)/p-1. The van der Waals surface area contributed by atoms with E-state index in [9.17, 15) is 20.0 Å². The Balaban J connectivity index is 2.01. The van der Waals surface area contributed by atoms with Gasteiger partial charge < -0.3 is 14.6 Å². The lowest BCUT2D eigenvalue weighted by atomic mass is 10.2. The molecule has 0 saturated heterocycles. The van der Waals surface area contributed by atoms with Gasteiger partial charge in [0.2, 0.25) is 0 Å². The zero-order chi connectivity index (χ0) is 20.7. The molecular formula is C18H17ClN3O6-. The first-order valence-electron chi connectivity index (χ1n) is 8.15. The first kappa shape index (κ1) is 21.0. The van der Waals surface area contributed by atoms with Crippen molar-refractivity contribution in [3.63, 3.8) is 0 Å². The highest BCUT2D eigenvalue weighted by Gasteiger charge is 2.13. The molecule has 0 atom stereocenters. The second-order valence-electron chi connectivity index (χ2n) is 5.55. The third-order valence-electron chi connectivity index (χ3n) is 3.45. The van der Waals surface area contributed by atoms with Crippen LogP contribution in [0.5, 0.6) is 17.2 Å². The predicted octanol–water partition coefficient (Wildman–Crippen LogP) is 2.56. The molecule has 0 fully saturated rings. The van der Waals surface area contributed by atoms with Crippen molar-refractivity contribution in [2.45, 2.75) is 13.8 Å². The number of halogens is 1. The van der Waals surface area contributed by atoms with Crippen molar-refractivity contribution in [2.75, 3.05) is 13.2 Å². The van der Waals surface area contributed by atoms with Crippen LogP contribution in [0, 0.1) is 17.0 Å². The Kier molecular flexibility index (Phi) is 7.16. The molecule has 0 unspecified atom stereocenters. The number of carbonyl (C=O) groups is 1. The van der Waals surface area contributed by atoms with Crippen LogP contribution in [0.15, 0.2) is 35.4 Å². The van der Waals surface area contributed by atoms with Gasteiger partial charge in [-0.2, -0.15) is 5.10 Å². The van der Waals surface area contributed by atoms with E-state index < -0.39 is 22.3 Å². The topological polar surface area (TPSA) is 126 Å². The summed E-state index contributed by atoms with van der Waals surface area (Å²) < 4.78 is 10.5. The monoisotopic (exact) mass is 406 g/mol. The molecule has 0 bridgehead atoms. The quantitative estimate of drug-likeness (QED) is 0.408. The summed E-state index contributed by atoms with van der Waals surface area (Å²) in [6.07, 6.45) is 1.17. The van der Waals surface area contributed by atoms with E-state index in [2.05, 4.69) is 10.5 Å². The minimum atomic E-state index is -0.820. The first-order valence-corrected chi connectivity index (χ1v) is 8.52. The van der Waals surface area contributed by atoms with Crippen molar-refractivity contribution in [2.24, 2.45) is 5.10 Å². The fourth-order valence-corrected chi connectivity index (χ4v) is 2.44. The minimum Gasteiger partial charge on any atom is -0.865 e. The molecule has 0 aliphatic heterocycles. The maximum absolute atomic E-state index is 11.9. The molecule has 2 aromatic carbocycles. The third-order valence-corrected chi connectivity index (χ3v) is 3.69. The van der Waals surface area contributed by atoms with Crippen LogP contribution in [0.4, 0.5) is 5.69 Å². The fraction of sp³-hybridized carbons (Fsp3) is 0.222. The molecule has 0 saturated carbocycles. The van der Waals surface area contributed by atoms with Gasteiger partial charge in [-0.3, -0.25) is 14.9 Å². The zero-order valence-electron chi connectivity index (χ0n) is 15.1. The maximum Gasteiger partial charge on any atom is 0.277 e. The number of rotatable bonds is 8. The van der Waals surface area contributed by atoms with E-state index in [4.69, 9.17) is 21.1 Å². The van der Waals surface area contributed by atoms with Gasteiger partial charge in [-0.25, -0.2) is 5.43 Å². The summed E-state index contributed by atoms with van der Waals surface area (Å²) in [7, 11) is 0. The molecule has 28 heavy (non-hydrogen) atoms. The Labute approximate surface area is 165 Å². The highest BCUT2D eigenvalue weighted by Crippen LogP contribution is 2.34. The van der Waals surface area contributed by atoms with Crippen molar-refractivity contribution in [1.82, 2.24) is 5.43 Å². The highest BCUT2D eigenvalue weighted by molar-refractivity contribution is 6.30. The smallest absolute Gasteiger partial charge is 0.277 e. The number of benzene rings is 2. The lowest BCUT2D eigenvalue weighted by Crippen LogP contribution is -2.24. The van der Waals surface area contributed by atoms with Gasteiger partial charge in [0.05, 0.1) is 17.7 Å². The van der Waals surface area contributed by atoms with E-state index in [-0.39, 0.29) is 24.5 Å². The molecule has 9 nitrogen and oxygen atoms in total. The van der Waals surface area contributed by atoms with Crippen LogP contribution in [0.3, 0.4) is 0 Å². The van der Waals surface area contributed by atoms with Crippen LogP contribution in [0.25, 0.3) is 0 Å². The number of amides is 1. The van der Waals surface area contributed by atoms with Crippen LogP contribution in [-0.4, -0.2) is 30.3 Å². The average molecular weight is 407 g/mol. The van der Waals surface area contributed by atoms with Crippen molar-refractivity contribution in [3.8, 4) is 17.2 Å².